The van der Waals surface area contributed by atoms with Crippen LogP contribution in [0.5, 0.6) is 5.75 Å². The second-order valence-electron chi connectivity index (χ2n) is 4.19. The molecule has 0 amide bonds. The Morgan fingerprint density at radius 1 is 1.32 bits per heavy atom. The van der Waals surface area contributed by atoms with E-state index >= 15 is 0 Å². The van der Waals surface area contributed by atoms with Crippen LogP contribution in [0.15, 0.2) is 34.8 Å². The monoisotopic (exact) mass is 321 g/mol. The fraction of sp³-hybridized carbons (Fsp3) is 0.214. The smallest absolute Gasteiger partial charge is 0.133 e. The number of methoxy groups -OCH3 is 1. The summed E-state index contributed by atoms with van der Waals surface area (Å²) in [4.78, 5) is 4.37. The molecule has 0 saturated heterocycles. The van der Waals surface area contributed by atoms with E-state index in [4.69, 9.17) is 10.5 Å². The SMILES string of the molecule is COc1ccc(CNc2ccc(N)c(C)n2)cc1Br. The van der Waals surface area contributed by atoms with E-state index in [0.717, 1.165) is 27.3 Å². The molecule has 3 N–H and O–H groups in total. The summed E-state index contributed by atoms with van der Waals surface area (Å²) in [5.41, 5.74) is 8.42. The summed E-state index contributed by atoms with van der Waals surface area (Å²) in [6.45, 7) is 2.59. The minimum atomic E-state index is 0.693. The molecular formula is C14H16BrN3O. The van der Waals surface area contributed by atoms with E-state index < -0.39 is 0 Å². The molecule has 4 nitrogen and oxygen atoms in total. The van der Waals surface area contributed by atoms with E-state index in [-0.39, 0.29) is 0 Å². The van der Waals surface area contributed by atoms with Crippen LogP contribution in [-0.4, -0.2) is 12.1 Å². The summed E-state index contributed by atoms with van der Waals surface area (Å²) in [6, 6.07) is 9.70. The van der Waals surface area contributed by atoms with Gasteiger partial charge in [-0.2, -0.15) is 0 Å². The largest absolute Gasteiger partial charge is 0.496 e. The van der Waals surface area contributed by atoms with Crippen molar-refractivity contribution in [1.82, 2.24) is 4.98 Å². The quantitative estimate of drug-likeness (QED) is 0.906. The molecule has 19 heavy (non-hydrogen) atoms. The lowest BCUT2D eigenvalue weighted by molar-refractivity contribution is 0.412. The van der Waals surface area contributed by atoms with Crippen molar-refractivity contribution in [2.24, 2.45) is 0 Å². The van der Waals surface area contributed by atoms with Gasteiger partial charge >= 0.3 is 0 Å². The predicted molar refractivity (Wildman–Crippen MR) is 81.4 cm³/mol. The summed E-state index contributed by atoms with van der Waals surface area (Å²) >= 11 is 3.47. The lowest BCUT2D eigenvalue weighted by Gasteiger charge is -2.09. The molecule has 0 bridgehead atoms. The van der Waals surface area contributed by atoms with Gasteiger partial charge in [-0.25, -0.2) is 4.98 Å². The molecule has 0 atom stereocenters. The van der Waals surface area contributed by atoms with Crippen LogP contribution in [0.3, 0.4) is 0 Å². The number of nitrogens with zero attached hydrogens (tertiary/aromatic N) is 1. The Morgan fingerprint density at radius 2 is 2.11 bits per heavy atom. The van der Waals surface area contributed by atoms with Crippen molar-refractivity contribution >= 4 is 27.4 Å². The molecule has 0 fully saturated rings. The maximum Gasteiger partial charge on any atom is 0.133 e. The first-order chi connectivity index (χ1) is 9.10. The Bertz CT molecular complexity index is 587. The summed E-state index contributed by atoms with van der Waals surface area (Å²) < 4.78 is 6.14. The van der Waals surface area contributed by atoms with Crippen molar-refractivity contribution in [2.45, 2.75) is 13.5 Å². The van der Waals surface area contributed by atoms with E-state index in [1.807, 2.05) is 37.3 Å². The predicted octanol–water partition coefficient (Wildman–Crippen LogP) is 3.36. The third kappa shape index (κ3) is 3.38. The summed E-state index contributed by atoms with van der Waals surface area (Å²) in [7, 11) is 1.65. The van der Waals surface area contributed by atoms with Crippen molar-refractivity contribution < 1.29 is 4.74 Å². The van der Waals surface area contributed by atoms with Gasteiger partial charge in [0, 0.05) is 6.54 Å². The molecule has 0 aliphatic carbocycles. The highest BCUT2D eigenvalue weighted by atomic mass is 79.9. The number of nitrogens with one attached hydrogen (secondary N) is 1. The summed E-state index contributed by atoms with van der Waals surface area (Å²) in [5, 5.41) is 3.27. The van der Waals surface area contributed by atoms with E-state index in [1.54, 1.807) is 7.11 Å². The van der Waals surface area contributed by atoms with E-state index in [9.17, 15) is 0 Å². The molecule has 0 saturated carbocycles. The molecule has 2 aromatic rings. The van der Waals surface area contributed by atoms with Gasteiger partial charge in [0.1, 0.15) is 11.6 Å². The topological polar surface area (TPSA) is 60.2 Å². The molecule has 1 heterocycles. The molecule has 0 aliphatic rings. The van der Waals surface area contributed by atoms with Gasteiger partial charge in [0.05, 0.1) is 23.0 Å². The number of hydrogen-bond acceptors (Lipinski definition) is 4. The van der Waals surface area contributed by atoms with Crippen molar-refractivity contribution in [1.29, 1.82) is 0 Å². The minimum Gasteiger partial charge on any atom is -0.496 e. The van der Waals surface area contributed by atoms with Crippen LogP contribution in [0, 0.1) is 6.92 Å². The van der Waals surface area contributed by atoms with Crippen molar-refractivity contribution in [2.75, 3.05) is 18.2 Å². The lowest BCUT2D eigenvalue weighted by atomic mass is 10.2. The Morgan fingerprint density at radius 3 is 2.74 bits per heavy atom. The van der Waals surface area contributed by atoms with Crippen molar-refractivity contribution in [3.8, 4) is 5.75 Å². The Hall–Kier alpha value is -1.75. The number of nitrogens with two attached hydrogens (primary N) is 1. The van der Waals surface area contributed by atoms with Crippen LogP contribution in [0.2, 0.25) is 0 Å². The zero-order valence-electron chi connectivity index (χ0n) is 10.9. The van der Waals surface area contributed by atoms with E-state index in [0.29, 0.717) is 12.2 Å². The fourth-order valence-corrected chi connectivity index (χ4v) is 2.27. The molecule has 1 aromatic carbocycles. The number of hydrogen-bond donors (Lipinski definition) is 2. The molecule has 0 radical (unpaired) electrons. The van der Waals surface area contributed by atoms with Gasteiger partial charge in [-0.3, -0.25) is 0 Å². The average molecular weight is 322 g/mol. The molecule has 0 aliphatic heterocycles. The number of aryl methyl sites for hydroxylation is 1. The fourth-order valence-electron chi connectivity index (χ4n) is 1.68. The second-order valence-corrected chi connectivity index (χ2v) is 5.05. The third-order valence-electron chi connectivity index (χ3n) is 2.82. The number of ether oxygens (including phenoxy) is 1. The van der Waals surface area contributed by atoms with Gasteiger partial charge in [-0.1, -0.05) is 6.07 Å². The number of anilines is 2. The minimum absolute atomic E-state index is 0.693. The zero-order chi connectivity index (χ0) is 13.8. The number of rotatable bonds is 4. The van der Waals surface area contributed by atoms with Gasteiger partial charge in [-0.05, 0) is 52.7 Å². The number of aromatic nitrogens is 1. The molecule has 0 spiro atoms. The maximum atomic E-state index is 5.74. The molecule has 5 heteroatoms. The Kier molecular flexibility index (Phi) is 4.27. The highest BCUT2D eigenvalue weighted by molar-refractivity contribution is 9.10. The molecular weight excluding hydrogens is 306 g/mol. The normalized spacial score (nSPS) is 10.3. The molecule has 1 aromatic heterocycles. The summed E-state index contributed by atoms with van der Waals surface area (Å²) in [6.07, 6.45) is 0. The third-order valence-corrected chi connectivity index (χ3v) is 3.44. The molecule has 2 rings (SSSR count). The van der Waals surface area contributed by atoms with Crippen LogP contribution in [0.25, 0.3) is 0 Å². The summed E-state index contributed by atoms with van der Waals surface area (Å²) in [5.74, 6) is 1.64. The molecule has 0 unspecified atom stereocenters. The first-order valence-corrected chi connectivity index (χ1v) is 6.69. The lowest BCUT2D eigenvalue weighted by Crippen LogP contribution is -2.03. The number of benzene rings is 1. The van der Waals surface area contributed by atoms with Gasteiger partial charge in [0.25, 0.3) is 0 Å². The zero-order valence-corrected chi connectivity index (χ0v) is 12.5. The first kappa shape index (κ1) is 13.7. The van der Waals surface area contributed by atoms with Crippen LogP contribution in [0.1, 0.15) is 11.3 Å². The van der Waals surface area contributed by atoms with Crippen LogP contribution in [0.4, 0.5) is 11.5 Å². The van der Waals surface area contributed by atoms with E-state index in [1.165, 1.54) is 0 Å². The number of halogens is 1. The van der Waals surface area contributed by atoms with Crippen molar-refractivity contribution in [3.63, 3.8) is 0 Å². The van der Waals surface area contributed by atoms with E-state index in [2.05, 4.69) is 26.2 Å². The average Bonchev–Trinajstić information content (AvgIpc) is 2.40. The van der Waals surface area contributed by atoms with Crippen LogP contribution in [-0.2, 0) is 6.54 Å². The first-order valence-electron chi connectivity index (χ1n) is 5.89. The van der Waals surface area contributed by atoms with Gasteiger partial charge in [-0.15, -0.1) is 0 Å². The van der Waals surface area contributed by atoms with Gasteiger partial charge in [0.15, 0.2) is 0 Å². The number of pyridine rings is 1. The van der Waals surface area contributed by atoms with Crippen molar-refractivity contribution in [3.05, 3.63) is 46.1 Å². The van der Waals surface area contributed by atoms with Crippen LogP contribution < -0.4 is 15.8 Å². The second kappa shape index (κ2) is 5.93. The van der Waals surface area contributed by atoms with Gasteiger partial charge < -0.3 is 15.8 Å². The van der Waals surface area contributed by atoms with Crippen LogP contribution >= 0.6 is 15.9 Å². The van der Waals surface area contributed by atoms with Gasteiger partial charge in [0.2, 0.25) is 0 Å². The Labute approximate surface area is 121 Å². The Balaban J connectivity index is 2.05. The highest BCUT2D eigenvalue weighted by Gasteiger charge is 2.02. The maximum absolute atomic E-state index is 5.74. The highest BCUT2D eigenvalue weighted by Crippen LogP contribution is 2.25. The standard InChI is InChI=1S/C14H16BrN3O/c1-9-12(16)4-6-14(18-9)17-8-10-3-5-13(19-2)11(15)7-10/h3-7H,8,16H2,1-2H3,(H,17,18). The molecule has 100 valence electrons. The number of nitrogen functional groups attached to an aromatic ring is 1.